The van der Waals surface area contributed by atoms with Crippen molar-refractivity contribution in [3.63, 3.8) is 0 Å². The Balaban J connectivity index is 1.98. The minimum atomic E-state index is -3.34. The Morgan fingerprint density at radius 1 is 1.12 bits per heavy atom. The van der Waals surface area contributed by atoms with Crippen LogP contribution in [0.15, 0.2) is 35.2 Å². The molecule has 1 aliphatic rings. The monoisotopic (exact) mass is 240 g/mol. The van der Waals surface area contributed by atoms with Gasteiger partial charge in [0, 0.05) is 0 Å². The van der Waals surface area contributed by atoms with E-state index in [0.717, 1.165) is 25.9 Å². The van der Waals surface area contributed by atoms with Crippen molar-refractivity contribution in [1.29, 1.82) is 0 Å². The molecular formula is C11H16N2O2S. The molecule has 1 fully saturated rings. The average Bonchev–Trinajstić information content (AvgIpc) is 2.81. The molecule has 0 radical (unpaired) electrons. The Bertz CT molecular complexity index is 425. The van der Waals surface area contributed by atoms with Crippen molar-refractivity contribution in [2.24, 2.45) is 0 Å². The molecule has 0 spiro atoms. The summed E-state index contributed by atoms with van der Waals surface area (Å²) in [4.78, 5) is 2.44. The number of likely N-dealkylation sites (tertiary alicyclic amines) is 1. The van der Waals surface area contributed by atoms with E-state index in [4.69, 9.17) is 0 Å². The highest BCUT2D eigenvalue weighted by atomic mass is 32.2. The van der Waals surface area contributed by atoms with E-state index in [1.54, 1.807) is 30.3 Å². The Labute approximate surface area is 96.3 Å². The van der Waals surface area contributed by atoms with E-state index in [2.05, 4.69) is 9.62 Å². The van der Waals surface area contributed by atoms with Gasteiger partial charge in [-0.15, -0.1) is 0 Å². The fourth-order valence-corrected chi connectivity index (χ4v) is 2.83. The van der Waals surface area contributed by atoms with E-state index in [0.29, 0.717) is 11.6 Å². The fraction of sp³-hybridized carbons (Fsp3) is 0.455. The molecule has 1 heterocycles. The van der Waals surface area contributed by atoms with Crippen molar-refractivity contribution < 1.29 is 8.42 Å². The van der Waals surface area contributed by atoms with Crippen LogP contribution in [0.3, 0.4) is 0 Å². The summed E-state index contributed by atoms with van der Waals surface area (Å²) in [5.41, 5.74) is 0. The zero-order valence-electron chi connectivity index (χ0n) is 9.09. The van der Waals surface area contributed by atoms with Crippen LogP contribution >= 0.6 is 0 Å². The zero-order valence-corrected chi connectivity index (χ0v) is 9.91. The summed E-state index contributed by atoms with van der Waals surface area (Å²) in [5.74, 6) is 0. The Morgan fingerprint density at radius 2 is 1.75 bits per heavy atom. The smallest absolute Gasteiger partial charge is 0.241 e. The molecule has 2 rings (SSSR count). The summed E-state index contributed by atoms with van der Waals surface area (Å²) < 4.78 is 26.3. The number of sulfonamides is 1. The van der Waals surface area contributed by atoms with Crippen molar-refractivity contribution in [3.05, 3.63) is 30.3 Å². The van der Waals surface area contributed by atoms with Gasteiger partial charge in [-0.25, -0.2) is 8.42 Å². The maximum absolute atomic E-state index is 11.9. The average molecular weight is 240 g/mol. The number of nitrogens with zero attached hydrogens (tertiary/aromatic N) is 1. The van der Waals surface area contributed by atoms with E-state index in [-0.39, 0.29) is 0 Å². The summed E-state index contributed by atoms with van der Waals surface area (Å²) in [7, 11) is -3.34. The summed E-state index contributed by atoms with van der Waals surface area (Å²) >= 11 is 0. The van der Waals surface area contributed by atoms with Gasteiger partial charge >= 0.3 is 0 Å². The molecule has 0 saturated carbocycles. The first-order valence-electron chi connectivity index (χ1n) is 5.45. The molecule has 1 saturated heterocycles. The third-order valence-corrected chi connectivity index (χ3v) is 4.13. The van der Waals surface area contributed by atoms with Gasteiger partial charge < -0.3 is 0 Å². The lowest BCUT2D eigenvalue weighted by Crippen LogP contribution is -2.35. The highest BCUT2D eigenvalue weighted by molar-refractivity contribution is 7.89. The molecule has 1 aromatic carbocycles. The molecule has 0 atom stereocenters. The van der Waals surface area contributed by atoms with Crippen molar-refractivity contribution in [1.82, 2.24) is 9.62 Å². The normalized spacial score (nSPS) is 17.8. The number of nitrogens with one attached hydrogen (secondary N) is 1. The minimum Gasteiger partial charge on any atom is -0.290 e. The minimum absolute atomic E-state index is 0.328. The third-order valence-electron chi connectivity index (χ3n) is 2.73. The summed E-state index contributed by atoms with van der Waals surface area (Å²) in [5, 5.41) is 0. The SMILES string of the molecule is O=S(=O)(NCN1CCCC1)c1ccccc1. The first kappa shape index (κ1) is 11.6. The van der Waals surface area contributed by atoms with Crippen LogP contribution in [-0.4, -0.2) is 33.1 Å². The van der Waals surface area contributed by atoms with Crippen molar-refractivity contribution >= 4 is 10.0 Å². The lowest BCUT2D eigenvalue weighted by molar-refractivity contribution is 0.334. The van der Waals surface area contributed by atoms with Crippen LogP contribution in [0.25, 0.3) is 0 Å². The van der Waals surface area contributed by atoms with Gasteiger partial charge in [-0.3, -0.25) is 4.90 Å². The quantitative estimate of drug-likeness (QED) is 0.854. The van der Waals surface area contributed by atoms with Gasteiger partial charge in [-0.05, 0) is 38.1 Å². The van der Waals surface area contributed by atoms with Crippen molar-refractivity contribution in [3.8, 4) is 0 Å². The fourth-order valence-electron chi connectivity index (χ4n) is 1.80. The highest BCUT2D eigenvalue weighted by Crippen LogP contribution is 2.09. The van der Waals surface area contributed by atoms with Gasteiger partial charge in [0.25, 0.3) is 0 Å². The van der Waals surface area contributed by atoms with Crippen LogP contribution in [0.2, 0.25) is 0 Å². The molecule has 88 valence electrons. The van der Waals surface area contributed by atoms with Crippen LogP contribution in [0.5, 0.6) is 0 Å². The van der Waals surface area contributed by atoms with Crippen molar-refractivity contribution in [2.75, 3.05) is 19.8 Å². The third kappa shape index (κ3) is 2.81. The predicted molar refractivity (Wildman–Crippen MR) is 62.4 cm³/mol. The van der Waals surface area contributed by atoms with E-state index >= 15 is 0 Å². The highest BCUT2D eigenvalue weighted by Gasteiger charge is 2.16. The molecule has 5 heteroatoms. The van der Waals surface area contributed by atoms with E-state index in [1.807, 2.05) is 0 Å². The maximum Gasteiger partial charge on any atom is 0.241 e. The standard InChI is InChI=1S/C11H16N2O2S/c14-16(15,11-6-2-1-3-7-11)12-10-13-8-4-5-9-13/h1-3,6-7,12H,4-5,8-10H2. The molecule has 0 unspecified atom stereocenters. The second-order valence-corrected chi connectivity index (χ2v) is 5.71. The van der Waals surface area contributed by atoms with Crippen LogP contribution in [0.1, 0.15) is 12.8 Å². The van der Waals surface area contributed by atoms with Crippen LogP contribution in [0, 0.1) is 0 Å². The van der Waals surface area contributed by atoms with E-state index in [9.17, 15) is 8.42 Å². The predicted octanol–water partition coefficient (Wildman–Crippen LogP) is 1.02. The van der Waals surface area contributed by atoms with Gasteiger partial charge in [-0.1, -0.05) is 18.2 Å². The van der Waals surface area contributed by atoms with Crippen LogP contribution in [-0.2, 0) is 10.0 Å². The molecule has 1 aromatic rings. The van der Waals surface area contributed by atoms with Gasteiger partial charge in [-0.2, -0.15) is 4.72 Å². The molecule has 1 N–H and O–H groups in total. The van der Waals surface area contributed by atoms with E-state index < -0.39 is 10.0 Å². The zero-order chi connectivity index (χ0) is 11.4. The topological polar surface area (TPSA) is 49.4 Å². The number of rotatable bonds is 4. The second kappa shape index (κ2) is 4.95. The molecule has 0 amide bonds. The van der Waals surface area contributed by atoms with Crippen molar-refractivity contribution in [2.45, 2.75) is 17.7 Å². The van der Waals surface area contributed by atoms with Crippen LogP contribution < -0.4 is 4.72 Å². The maximum atomic E-state index is 11.9. The van der Waals surface area contributed by atoms with Gasteiger partial charge in [0.2, 0.25) is 10.0 Å². The number of hydrogen-bond donors (Lipinski definition) is 1. The number of hydrogen-bond acceptors (Lipinski definition) is 3. The van der Waals surface area contributed by atoms with Crippen LogP contribution in [0.4, 0.5) is 0 Å². The lowest BCUT2D eigenvalue weighted by atomic mass is 10.4. The Hall–Kier alpha value is -0.910. The largest absolute Gasteiger partial charge is 0.290 e. The molecule has 0 bridgehead atoms. The number of benzene rings is 1. The van der Waals surface area contributed by atoms with E-state index in [1.165, 1.54) is 0 Å². The molecule has 4 nitrogen and oxygen atoms in total. The summed E-state index contributed by atoms with van der Waals surface area (Å²) in [6, 6.07) is 8.47. The molecule has 1 aliphatic heterocycles. The Kier molecular flexibility index (Phi) is 3.58. The lowest BCUT2D eigenvalue weighted by Gasteiger charge is -2.15. The second-order valence-electron chi connectivity index (χ2n) is 3.94. The first-order valence-corrected chi connectivity index (χ1v) is 6.94. The molecule has 0 aliphatic carbocycles. The molecule has 0 aromatic heterocycles. The summed E-state index contributed by atoms with van der Waals surface area (Å²) in [6.45, 7) is 2.38. The summed E-state index contributed by atoms with van der Waals surface area (Å²) in [6.07, 6.45) is 2.32. The molecular weight excluding hydrogens is 224 g/mol. The van der Waals surface area contributed by atoms with Gasteiger partial charge in [0.1, 0.15) is 0 Å². The van der Waals surface area contributed by atoms with Gasteiger partial charge in [0.15, 0.2) is 0 Å². The Morgan fingerprint density at radius 3 is 2.38 bits per heavy atom. The molecule has 16 heavy (non-hydrogen) atoms. The van der Waals surface area contributed by atoms with Gasteiger partial charge in [0.05, 0.1) is 11.6 Å². The first-order chi connectivity index (χ1) is 7.68.